The third-order valence-electron chi connectivity index (χ3n) is 3.72. The molecular formula is C18H17ClN4O2. The molecule has 3 aromatic rings. The van der Waals surface area contributed by atoms with Crippen LogP contribution in [0.1, 0.15) is 27.2 Å². The second kappa shape index (κ2) is 7.36. The fourth-order valence-corrected chi connectivity index (χ4v) is 2.58. The van der Waals surface area contributed by atoms with Gasteiger partial charge in [0.05, 0.1) is 11.2 Å². The van der Waals surface area contributed by atoms with Crippen LogP contribution in [0.2, 0.25) is 5.02 Å². The molecule has 128 valence electrons. The highest BCUT2D eigenvalue weighted by atomic mass is 35.5. The van der Waals surface area contributed by atoms with Crippen molar-refractivity contribution in [2.24, 2.45) is 0 Å². The van der Waals surface area contributed by atoms with Gasteiger partial charge in [-0.1, -0.05) is 35.9 Å². The Morgan fingerprint density at radius 3 is 2.68 bits per heavy atom. The number of para-hydroxylation sites is 1. The summed E-state index contributed by atoms with van der Waals surface area (Å²) in [6, 6.07) is 9.58. The number of benzene rings is 1. The SMILES string of the molecule is Cc1cccc(C)c1Oc1ncccc1CNC(=O)c1[nH]ncc1Cl. The number of halogens is 1. The summed E-state index contributed by atoms with van der Waals surface area (Å²) in [7, 11) is 0. The van der Waals surface area contributed by atoms with E-state index in [1.807, 2.05) is 38.1 Å². The first-order chi connectivity index (χ1) is 12.1. The Bertz CT molecular complexity index is 887. The Kier molecular flexibility index (Phi) is 5.00. The number of nitrogens with zero attached hydrogens (tertiary/aromatic N) is 2. The van der Waals surface area contributed by atoms with Gasteiger partial charge in [-0.25, -0.2) is 4.98 Å². The van der Waals surface area contributed by atoms with Gasteiger partial charge in [0, 0.05) is 18.3 Å². The topological polar surface area (TPSA) is 79.9 Å². The lowest BCUT2D eigenvalue weighted by Gasteiger charge is -2.14. The minimum absolute atomic E-state index is 0.225. The van der Waals surface area contributed by atoms with Crippen LogP contribution in [0.25, 0.3) is 0 Å². The summed E-state index contributed by atoms with van der Waals surface area (Å²) in [5, 5.41) is 9.36. The first kappa shape index (κ1) is 17.0. The molecule has 2 heterocycles. The lowest BCUT2D eigenvalue weighted by atomic mass is 10.1. The molecular weight excluding hydrogens is 340 g/mol. The summed E-state index contributed by atoms with van der Waals surface area (Å²) in [5.74, 6) is 0.880. The van der Waals surface area contributed by atoms with Crippen molar-refractivity contribution in [2.75, 3.05) is 0 Å². The molecule has 0 atom stereocenters. The van der Waals surface area contributed by atoms with Gasteiger partial charge < -0.3 is 10.1 Å². The molecule has 0 radical (unpaired) electrons. The molecule has 0 bridgehead atoms. The number of H-pyrrole nitrogens is 1. The van der Waals surface area contributed by atoms with Crippen molar-refractivity contribution in [1.82, 2.24) is 20.5 Å². The molecule has 25 heavy (non-hydrogen) atoms. The van der Waals surface area contributed by atoms with E-state index in [2.05, 4.69) is 20.5 Å². The third-order valence-corrected chi connectivity index (χ3v) is 4.00. The van der Waals surface area contributed by atoms with E-state index in [1.54, 1.807) is 12.3 Å². The number of rotatable bonds is 5. The Labute approximate surface area is 150 Å². The number of hydrogen-bond donors (Lipinski definition) is 2. The van der Waals surface area contributed by atoms with Crippen molar-refractivity contribution in [3.63, 3.8) is 0 Å². The fourth-order valence-electron chi connectivity index (χ4n) is 2.40. The molecule has 0 unspecified atom stereocenters. The molecule has 7 heteroatoms. The Balaban J connectivity index is 1.77. The van der Waals surface area contributed by atoms with Crippen LogP contribution in [-0.4, -0.2) is 21.1 Å². The molecule has 3 rings (SSSR count). The van der Waals surface area contributed by atoms with Crippen LogP contribution in [0.4, 0.5) is 0 Å². The van der Waals surface area contributed by atoms with E-state index in [0.29, 0.717) is 5.88 Å². The van der Waals surface area contributed by atoms with Crippen molar-refractivity contribution in [3.05, 3.63) is 70.1 Å². The lowest BCUT2D eigenvalue weighted by molar-refractivity contribution is 0.0946. The number of nitrogens with one attached hydrogen (secondary N) is 2. The van der Waals surface area contributed by atoms with Crippen LogP contribution in [-0.2, 0) is 6.54 Å². The first-order valence-corrected chi connectivity index (χ1v) is 8.09. The van der Waals surface area contributed by atoms with Gasteiger partial charge in [0.15, 0.2) is 0 Å². The minimum atomic E-state index is -0.343. The fraction of sp³-hybridized carbons (Fsp3) is 0.167. The predicted molar refractivity (Wildman–Crippen MR) is 95.0 cm³/mol. The van der Waals surface area contributed by atoms with E-state index in [1.165, 1.54) is 6.20 Å². The molecule has 1 amide bonds. The van der Waals surface area contributed by atoms with Crippen molar-refractivity contribution in [1.29, 1.82) is 0 Å². The normalized spacial score (nSPS) is 10.5. The number of amides is 1. The molecule has 0 saturated carbocycles. The number of aromatic amines is 1. The minimum Gasteiger partial charge on any atom is -0.438 e. The molecule has 6 nitrogen and oxygen atoms in total. The van der Waals surface area contributed by atoms with Gasteiger partial charge in [-0.15, -0.1) is 0 Å². The number of hydrogen-bond acceptors (Lipinski definition) is 4. The van der Waals surface area contributed by atoms with Crippen LogP contribution in [0.5, 0.6) is 11.6 Å². The first-order valence-electron chi connectivity index (χ1n) is 7.71. The lowest BCUT2D eigenvalue weighted by Crippen LogP contribution is -2.23. The van der Waals surface area contributed by atoms with Gasteiger partial charge in [0.25, 0.3) is 5.91 Å². The predicted octanol–water partition coefficient (Wildman–Crippen LogP) is 3.80. The number of carbonyl (C=O) groups excluding carboxylic acids is 1. The van der Waals surface area contributed by atoms with Crippen LogP contribution in [0.15, 0.2) is 42.7 Å². The van der Waals surface area contributed by atoms with E-state index < -0.39 is 0 Å². The number of carbonyl (C=O) groups is 1. The Morgan fingerprint density at radius 1 is 1.24 bits per heavy atom. The van der Waals surface area contributed by atoms with Crippen LogP contribution < -0.4 is 10.1 Å². The molecule has 0 aliphatic carbocycles. The van der Waals surface area contributed by atoms with E-state index in [4.69, 9.17) is 16.3 Å². The van der Waals surface area contributed by atoms with Crippen molar-refractivity contribution < 1.29 is 9.53 Å². The number of ether oxygens (including phenoxy) is 1. The van der Waals surface area contributed by atoms with Crippen LogP contribution >= 0.6 is 11.6 Å². The molecule has 0 aliphatic rings. The third kappa shape index (κ3) is 3.80. The van der Waals surface area contributed by atoms with Crippen molar-refractivity contribution in [3.8, 4) is 11.6 Å². The van der Waals surface area contributed by atoms with E-state index in [0.717, 1.165) is 22.4 Å². The summed E-state index contributed by atoms with van der Waals surface area (Å²) in [5.41, 5.74) is 3.02. The second-order valence-corrected chi connectivity index (χ2v) is 5.97. The average Bonchev–Trinajstić information content (AvgIpc) is 3.03. The maximum Gasteiger partial charge on any atom is 0.271 e. The Morgan fingerprint density at radius 2 is 2.00 bits per heavy atom. The number of aryl methyl sites for hydroxylation is 2. The summed E-state index contributed by atoms with van der Waals surface area (Å²) >= 11 is 5.90. The monoisotopic (exact) mass is 356 g/mol. The maximum atomic E-state index is 12.1. The summed E-state index contributed by atoms with van der Waals surface area (Å²) in [6.45, 7) is 4.21. The van der Waals surface area contributed by atoms with Gasteiger partial charge in [0.1, 0.15) is 11.4 Å². The molecule has 0 aliphatic heterocycles. The highest BCUT2D eigenvalue weighted by molar-refractivity contribution is 6.33. The molecule has 1 aromatic carbocycles. The zero-order chi connectivity index (χ0) is 17.8. The van der Waals surface area contributed by atoms with E-state index >= 15 is 0 Å². The van der Waals surface area contributed by atoms with Gasteiger partial charge in [-0.05, 0) is 31.0 Å². The van der Waals surface area contributed by atoms with E-state index in [9.17, 15) is 4.79 Å². The second-order valence-electron chi connectivity index (χ2n) is 5.57. The molecule has 0 saturated heterocycles. The van der Waals surface area contributed by atoms with Crippen molar-refractivity contribution >= 4 is 17.5 Å². The molecule has 2 aromatic heterocycles. The standard InChI is InChI=1S/C18H17ClN4O2/c1-11-5-3-6-12(2)16(11)25-18-13(7-4-8-20-18)9-21-17(24)15-14(19)10-22-23-15/h3-8,10H,9H2,1-2H3,(H,21,24)(H,22,23). The van der Waals surface area contributed by atoms with E-state index in [-0.39, 0.29) is 23.2 Å². The van der Waals surface area contributed by atoms with Gasteiger partial charge in [-0.3, -0.25) is 9.89 Å². The number of pyridine rings is 1. The van der Waals surface area contributed by atoms with Crippen molar-refractivity contribution in [2.45, 2.75) is 20.4 Å². The summed E-state index contributed by atoms with van der Waals surface area (Å²) < 4.78 is 6.01. The summed E-state index contributed by atoms with van der Waals surface area (Å²) in [6.07, 6.45) is 3.04. The molecule has 0 fully saturated rings. The smallest absolute Gasteiger partial charge is 0.271 e. The zero-order valence-electron chi connectivity index (χ0n) is 13.8. The van der Waals surface area contributed by atoms with Gasteiger partial charge in [-0.2, -0.15) is 5.10 Å². The average molecular weight is 357 g/mol. The zero-order valence-corrected chi connectivity index (χ0v) is 14.6. The number of aromatic nitrogens is 3. The van der Waals surface area contributed by atoms with Crippen LogP contribution in [0, 0.1) is 13.8 Å². The highest BCUT2D eigenvalue weighted by Gasteiger charge is 2.14. The van der Waals surface area contributed by atoms with Gasteiger partial charge in [0.2, 0.25) is 5.88 Å². The molecule has 0 spiro atoms. The highest BCUT2D eigenvalue weighted by Crippen LogP contribution is 2.29. The van der Waals surface area contributed by atoms with Gasteiger partial charge >= 0.3 is 0 Å². The largest absolute Gasteiger partial charge is 0.438 e. The van der Waals surface area contributed by atoms with Crippen LogP contribution in [0.3, 0.4) is 0 Å². The Hall–Kier alpha value is -2.86. The summed E-state index contributed by atoms with van der Waals surface area (Å²) in [4.78, 5) is 16.4. The molecule has 2 N–H and O–H groups in total. The maximum absolute atomic E-state index is 12.1. The quantitative estimate of drug-likeness (QED) is 0.728.